The number of nitrogens with zero attached hydrogens (tertiary/aromatic N) is 2. The number of aliphatic hydroxyl groups excluding tert-OH is 1. The third kappa shape index (κ3) is 3.02. The van der Waals surface area contributed by atoms with Gasteiger partial charge in [-0.25, -0.2) is 4.99 Å². The van der Waals surface area contributed by atoms with E-state index in [1.165, 1.54) is 0 Å². The summed E-state index contributed by atoms with van der Waals surface area (Å²) in [6, 6.07) is 13.7. The zero-order valence-corrected chi connectivity index (χ0v) is 18.8. The molecule has 2 spiro atoms. The van der Waals surface area contributed by atoms with Gasteiger partial charge in [0.2, 0.25) is 0 Å². The van der Waals surface area contributed by atoms with Crippen molar-refractivity contribution >= 4 is 21.7 Å². The molecule has 4 radical (unpaired) electrons. The predicted octanol–water partition coefficient (Wildman–Crippen LogP) is 2.49. The van der Waals surface area contributed by atoms with Gasteiger partial charge in [-0.15, -0.1) is 0 Å². The van der Waals surface area contributed by atoms with Crippen molar-refractivity contribution in [2.75, 3.05) is 7.11 Å². The number of hydrogen-bond acceptors (Lipinski definition) is 6. The van der Waals surface area contributed by atoms with Crippen LogP contribution in [-0.4, -0.2) is 45.4 Å². The minimum Gasteiger partial charge on any atom is -0.497 e. The lowest BCUT2D eigenvalue weighted by atomic mass is 9.44. The minimum absolute atomic E-state index is 0.0236. The number of nitriles is 1. The van der Waals surface area contributed by atoms with Crippen LogP contribution < -0.4 is 10.5 Å². The first kappa shape index (κ1) is 21.9. The van der Waals surface area contributed by atoms with Gasteiger partial charge in [-0.1, -0.05) is 19.1 Å². The molecule has 2 aromatic carbocycles. The molecule has 8 heteroatoms. The lowest BCUT2D eigenvalue weighted by Crippen LogP contribution is -2.60. The monoisotopic (exact) mass is 437 g/mol. The van der Waals surface area contributed by atoms with Crippen molar-refractivity contribution in [1.29, 1.82) is 5.26 Å². The molecule has 5 rings (SSSR count). The van der Waals surface area contributed by atoms with E-state index in [-0.39, 0.29) is 18.0 Å². The fourth-order valence-electron chi connectivity index (χ4n) is 6.35. The zero-order chi connectivity index (χ0) is 23.6. The van der Waals surface area contributed by atoms with Crippen molar-refractivity contribution in [3.8, 4) is 22.9 Å². The van der Waals surface area contributed by atoms with Crippen LogP contribution in [0.2, 0.25) is 0 Å². The quantitative estimate of drug-likeness (QED) is 0.704. The molecule has 1 fully saturated rings. The maximum absolute atomic E-state index is 10.5. The van der Waals surface area contributed by atoms with Gasteiger partial charge in [-0.3, -0.25) is 0 Å². The van der Waals surface area contributed by atoms with Crippen LogP contribution in [0, 0.1) is 22.7 Å². The molecule has 33 heavy (non-hydrogen) atoms. The first-order chi connectivity index (χ1) is 15.6. The number of rotatable bonds is 2. The van der Waals surface area contributed by atoms with E-state index < -0.39 is 16.4 Å². The van der Waals surface area contributed by atoms with Gasteiger partial charge >= 0.3 is 0 Å². The molecule has 3 N–H and O–H groups in total. The van der Waals surface area contributed by atoms with E-state index in [0.29, 0.717) is 30.6 Å². The highest BCUT2D eigenvalue weighted by Gasteiger charge is 2.68. The molecule has 0 aromatic heterocycles. The molecule has 1 heterocycles. The zero-order valence-electron chi connectivity index (χ0n) is 18.8. The fourth-order valence-corrected chi connectivity index (χ4v) is 6.35. The Bertz CT molecular complexity index is 1210. The van der Waals surface area contributed by atoms with Gasteiger partial charge in [0.25, 0.3) is 6.02 Å². The Morgan fingerprint density at radius 2 is 2.03 bits per heavy atom. The normalized spacial score (nSPS) is 31.6. The highest BCUT2D eigenvalue weighted by Crippen LogP contribution is 2.65. The van der Waals surface area contributed by atoms with Gasteiger partial charge < -0.3 is 20.3 Å². The minimum atomic E-state index is -1.63. The molecule has 2 aliphatic carbocycles. The Labute approximate surface area is 196 Å². The van der Waals surface area contributed by atoms with E-state index in [4.69, 9.17) is 35.9 Å². The second kappa shape index (κ2) is 7.30. The first-order valence-corrected chi connectivity index (χ1v) is 11.2. The number of benzene rings is 2. The van der Waals surface area contributed by atoms with Gasteiger partial charge in [0, 0.05) is 5.41 Å². The van der Waals surface area contributed by atoms with Gasteiger partial charge in [0.05, 0.1) is 30.2 Å². The van der Waals surface area contributed by atoms with Crippen LogP contribution >= 0.6 is 0 Å². The molecular weight excluding hydrogens is 412 g/mol. The largest absolute Gasteiger partial charge is 0.497 e. The number of hydrogen-bond donors (Lipinski definition) is 2. The number of nitrogens with two attached hydrogens (primary N) is 1. The predicted molar refractivity (Wildman–Crippen MR) is 127 cm³/mol. The summed E-state index contributed by atoms with van der Waals surface area (Å²) >= 11 is 0. The Morgan fingerprint density at radius 3 is 2.67 bits per heavy atom. The maximum Gasteiger partial charge on any atom is 0.281 e. The number of methoxy groups -OCH3 is 1. The van der Waals surface area contributed by atoms with E-state index in [1.54, 1.807) is 13.2 Å². The van der Waals surface area contributed by atoms with E-state index >= 15 is 0 Å². The summed E-state index contributed by atoms with van der Waals surface area (Å²) in [5.41, 5.74) is 8.76. The van der Waals surface area contributed by atoms with Crippen LogP contribution in [-0.2, 0) is 16.7 Å². The lowest BCUT2D eigenvalue weighted by molar-refractivity contribution is -0.0406. The molecular formula is C25H25B2N3O3. The molecule has 2 aromatic rings. The standard InChI is InChI=1S/C25H25B2N3O3/c1-14-11-23(6-5-21(14)31)12-17-4-3-16(18-7-15(13-28)8-19(9-18)32-2)10-20(17)24(23)25(26,27)33-22(29)30-24/h3-4,7-10,14,21,31H,5-6,11-12H2,1-2H3,(H2,29,30)/t14-,21-,23-,24?/m1/s1. The number of amidine groups is 1. The van der Waals surface area contributed by atoms with Gasteiger partial charge in [0.15, 0.2) is 0 Å². The molecule has 1 saturated carbocycles. The Hall–Kier alpha value is -2.91. The van der Waals surface area contributed by atoms with Crippen molar-refractivity contribution in [3.05, 3.63) is 53.1 Å². The van der Waals surface area contributed by atoms with Crippen LogP contribution in [0.15, 0.2) is 41.4 Å². The summed E-state index contributed by atoms with van der Waals surface area (Å²) in [6.45, 7) is 2.05. The van der Waals surface area contributed by atoms with Crippen LogP contribution in [0.5, 0.6) is 5.75 Å². The lowest BCUT2D eigenvalue weighted by Gasteiger charge is -2.53. The van der Waals surface area contributed by atoms with Gasteiger partial charge in [-0.2, -0.15) is 5.26 Å². The average molecular weight is 437 g/mol. The molecule has 3 aliphatic rings. The highest BCUT2D eigenvalue weighted by atomic mass is 16.5. The van der Waals surface area contributed by atoms with Crippen molar-refractivity contribution in [2.24, 2.45) is 22.1 Å². The van der Waals surface area contributed by atoms with Crippen molar-refractivity contribution < 1.29 is 14.6 Å². The molecule has 1 aliphatic heterocycles. The Balaban J connectivity index is 1.71. The van der Waals surface area contributed by atoms with Crippen molar-refractivity contribution in [1.82, 2.24) is 0 Å². The number of ether oxygens (including phenoxy) is 2. The van der Waals surface area contributed by atoms with Crippen LogP contribution in [0.1, 0.15) is 42.9 Å². The second-order valence-corrected chi connectivity index (χ2v) is 9.73. The average Bonchev–Trinajstić information content (AvgIpc) is 3.20. The molecule has 4 atom stereocenters. The molecule has 0 bridgehead atoms. The molecule has 0 saturated heterocycles. The fraction of sp³-hybridized carbons (Fsp3) is 0.440. The third-order valence-electron chi connectivity index (χ3n) is 7.81. The van der Waals surface area contributed by atoms with Crippen molar-refractivity contribution in [3.63, 3.8) is 0 Å². The first-order valence-electron chi connectivity index (χ1n) is 11.2. The Morgan fingerprint density at radius 1 is 1.24 bits per heavy atom. The summed E-state index contributed by atoms with van der Waals surface area (Å²) in [5, 5.41) is 18.3. The second-order valence-electron chi connectivity index (χ2n) is 9.73. The summed E-state index contributed by atoms with van der Waals surface area (Å²) in [7, 11) is 14.8. The smallest absolute Gasteiger partial charge is 0.281 e. The summed E-state index contributed by atoms with van der Waals surface area (Å²) in [5.74, 6) is 0.665. The summed E-state index contributed by atoms with van der Waals surface area (Å²) < 4.78 is 11.1. The summed E-state index contributed by atoms with van der Waals surface area (Å²) in [6.07, 6.45) is 2.39. The van der Waals surface area contributed by atoms with Gasteiger partial charge in [-0.05, 0) is 78.1 Å². The molecule has 1 unspecified atom stereocenters. The topological polar surface area (TPSA) is 101 Å². The summed E-state index contributed by atoms with van der Waals surface area (Å²) in [4.78, 5) is 4.82. The Kier molecular flexibility index (Phi) is 4.84. The highest BCUT2D eigenvalue weighted by molar-refractivity contribution is 6.41. The van der Waals surface area contributed by atoms with Crippen LogP contribution in [0.4, 0.5) is 0 Å². The van der Waals surface area contributed by atoms with Crippen LogP contribution in [0.25, 0.3) is 11.1 Å². The number of aliphatic hydroxyl groups is 1. The SMILES string of the molecule is [B]C1([B])OC(N)=NC12c1cc(-c3cc(C#N)cc(OC)c3)ccc1C[C@]21CC[C@@H](O)[C@H](C)C1. The van der Waals surface area contributed by atoms with Gasteiger partial charge in [0.1, 0.15) is 27.0 Å². The number of aliphatic imine (C=N–C) groups is 1. The van der Waals surface area contributed by atoms with E-state index in [2.05, 4.69) is 12.1 Å². The third-order valence-corrected chi connectivity index (χ3v) is 7.81. The maximum atomic E-state index is 10.5. The molecule has 0 amide bonds. The molecule has 6 nitrogen and oxygen atoms in total. The van der Waals surface area contributed by atoms with E-state index in [9.17, 15) is 10.4 Å². The number of fused-ring (bicyclic) bond motifs is 3. The van der Waals surface area contributed by atoms with Crippen LogP contribution in [0.3, 0.4) is 0 Å². The van der Waals surface area contributed by atoms with E-state index in [1.807, 2.05) is 31.2 Å². The van der Waals surface area contributed by atoms with E-state index in [0.717, 1.165) is 28.7 Å². The van der Waals surface area contributed by atoms with Crippen molar-refractivity contribution in [2.45, 2.75) is 49.6 Å². The molecule has 164 valence electrons.